The van der Waals surface area contributed by atoms with Crippen molar-refractivity contribution in [1.82, 2.24) is 10.3 Å². The zero-order chi connectivity index (χ0) is 12.8. The van der Waals surface area contributed by atoms with Gasteiger partial charge < -0.3 is 10.1 Å². The lowest BCUT2D eigenvalue weighted by molar-refractivity contribution is 0.0627. The van der Waals surface area contributed by atoms with E-state index in [2.05, 4.69) is 15.0 Å². The molecule has 2 aromatic rings. The molecular formula is C12H10N2O3S. The molecule has 1 amide bonds. The smallest absolute Gasteiger partial charge is 0.372 e. The van der Waals surface area contributed by atoms with Crippen molar-refractivity contribution in [2.45, 2.75) is 6.54 Å². The highest BCUT2D eigenvalue weighted by atomic mass is 32.1. The van der Waals surface area contributed by atoms with Crippen LogP contribution in [0.5, 0.6) is 0 Å². The third kappa shape index (κ3) is 3.39. The molecule has 0 aliphatic carbocycles. The van der Waals surface area contributed by atoms with E-state index in [0.29, 0.717) is 4.88 Å². The first-order chi connectivity index (χ1) is 8.75. The summed E-state index contributed by atoms with van der Waals surface area (Å²) in [5, 5.41) is 4.21. The number of esters is 1. The van der Waals surface area contributed by atoms with E-state index in [1.54, 1.807) is 36.0 Å². The van der Waals surface area contributed by atoms with Gasteiger partial charge in [-0.15, -0.1) is 11.3 Å². The minimum Gasteiger partial charge on any atom is -0.372 e. The quantitative estimate of drug-likeness (QED) is 0.680. The highest BCUT2D eigenvalue weighted by molar-refractivity contribution is 7.12. The van der Waals surface area contributed by atoms with Gasteiger partial charge in [0.2, 0.25) is 0 Å². The van der Waals surface area contributed by atoms with Crippen molar-refractivity contribution in [3.63, 3.8) is 0 Å². The summed E-state index contributed by atoms with van der Waals surface area (Å²) in [6.07, 6.45) is 2.50. The van der Waals surface area contributed by atoms with Gasteiger partial charge in [0.1, 0.15) is 4.88 Å². The van der Waals surface area contributed by atoms with Crippen LogP contribution in [0.1, 0.15) is 15.2 Å². The summed E-state index contributed by atoms with van der Waals surface area (Å²) in [4.78, 5) is 27.1. The maximum absolute atomic E-state index is 11.4. The third-order valence-corrected chi connectivity index (χ3v) is 2.92. The fourth-order valence-electron chi connectivity index (χ4n) is 1.24. The predicted octanol–water partition coefficient (Wildman–Crippen LogP) is 2.21. The van der Waals surface area contributed by atoms with Gasteiger partial charge in [0, 0.05) is 18.9 Å². The van der Waals surface area contributed by atoms with Crippen molar-refractivity contribution in [3.05, 3.63) is 52.5 Å². The first kappa shape index (κ1) is 12.3. The average molecular weight is 262 g/mol. The molecule has 0 unspecified atom stereocenters. The first-order valence-corrected chi connectivity index (χ1v) is 6.06. The Kier molecular flexibility index (Phi) is 4.03. The van der Waals surface area contributed by atoms with Crippen molar-refractivity contribution in [2.24, 2.45) is 0 Å². The van der Waals surface area contributed by atoms with Crippen LogP contribution in [-0.4, -0.2) is 17.0 Å². The largest absolute Gasteiger partial charge is 0.415 e. The number of thiophene rings is 1. The summed E-state index contributed by atoms with van der Waals surface area (Å²) in [6, 6.07) is 6.89. The lowest BCUT2D eigenvalue weighted by Crippen LogP contribution is -2.26. The van der Waals surface area contributed by atoms with Gasteiger partial charge in [0.25, 0.3) is 0 Å². The van der Waals surface area contributed by atoms with E-state index in [-0.39, 0.29) is 6.54 Å². The Bertz CT molecular complexity index is 526. The second-order valence-corrected chi connectivity index (χ2v) is 4.32. The van der Waals surface area contributed by atoms with Crippen LogP contribution in [0, 0.1) is 0 Å². The molecule has 0 saturated carbocycles. The number of carbonyl (C=O) groups is 2. The molecule has 0 fully saturated rings. The topological polar surface area (TPSA) is 68.3 Å². The number of amides is 1. The number of alkyl carbamates (subject to hydrolysis) is 1. The number of nitrogens with one attached hydrogen (secondary N) is 1. The number of carbonyl (C=O) groups excluding carboxylic acids is 2. The van der Waals surface area contributed by atoms with Crippen LogP contribution in [0.15, 0.2) is 42.0 Å². The van der Waals surface area contributed by atoms with Crippen LogP contribution in [0.4, 0.5) is 4.79 Å². The lowest BCUT2D eigenvalue weighted by Gasteiger charge is -2.04. The van der Waals surface area contributed by atoms with Crippen LogP contribution >= 0.6 is 11.3 Å². The Morgan fingerprint density at radius 2 is 2.22 bits per heavy atom. The summed E-state index contributed by atoms with van der Waals surface area (Å²) in [5.74, 6) is -0.645. The summed E-state index contributed by atoms with van der Waals surface area (Å²) in [6.45, 7) is 0.268. The molecule has 2 aromatic heterocycles. The number of rotatable bonds is 3. The van der Waals surface area contributed by atoms with E-state index in [4.69, 9.17) is 0 Å². The second-order valence-electron chi connectivity index (χ2n) is 3.37. The van der Waals surface area contributed by atoms with E-state index < -0.39 is 12.1 Å². The normalized spacial score (nSPS) is 9.78. The van der Waals surface area contributed by atoms with E-state index in [1.165, 1.54) is 11.3 Å². The van der Waals surface area contributed by atoms with Crippen molar-refractivity contribution in [2.75, 3.05) is 0 Å². The lowest BCUT2D eigenvalue weighted by atomic mass is 10.3. The van der Waals surface area contributed by atoms with Gasteiger partial charge in [-0.3, -0.25) is 4.98 Å². The Morgan fingerprint density at radius 3 is 2.89 bits per heavy atom. The van der Waals surface area contributed by atoms with Crippen molar-refractivity contribution < 1.29 is 14.3 Å². The van der Waals surface area contributed by atoms with Gasteiger partial charge in [0.15, 0.2) is 0 Å². The molecule has 0 aliphatic heterocycles. The maximum Gasteiger partial charge on any atom is 0.415 e. The van der Waals surface area contributed by atoms with E-state index in [9.17, 15) is 9.59 Å². The van der Waals surface area contributed by atoms with E-state index in [0.717, 1.165) is 5.56 Å². The number of aromatic nitrogens is 1. The number of ether oxygens (including phenoxy) is 1. The highest BCUT2D eigenvalue weighted by Crippen LogP contribution is 2.09. The number of nitrogens with zero attached hydrogens (tertiary/aromatic N) is 1. The first-order valence-electron chi connectivity index (χ1n) is 5.18. The molecule has 18 heavy (non-hydrogen) atoms. The van der Waals surface area contributed by atoms with E-state index in [1.807, 2.05) is 6.07 Å². The molecular weight excluding hydrogens is 252 g/mol. The number of pyridine rings is 1. The molecule has 0 atom stereocenters. The minimum absolute atomic E-state index is 0.268. The van der Waals surface area contributed by atoms with Crippen LogP contribution in [-0.2, 0) is 11.3 Å². The third-order valence-electron chi connectivity index (χ3n) is 2.07. The minimum atomic E-state index is -0.766. The molecule has 1 N–H and O–H groups in total. The predicted molar refractivity (Wildman–Crippen MR) is 66.2 cm³/mol. The van der Waals surface area contributed by atoms with Crippen LogP contribution in [0.3, 0.4) is 0 Å². The SMILES string of the molecule is O=C(NCc1cccnc1)OC(=O)c1cccs1. The van der Waals surface area contributed by atoms with E-state index >= 15 is 0 Å². The highest BCUT2D eigenvalue weighted by Gasteiger charge is 2.13. The molecule has 0 aliphatic rings. The molecule has 6 heteroatoms. The van der Waals surface area contributed by atoms with Gasteiger partial charge in [0.05, 0.1) is 0 Å². The number of hydrogen-bond donors (Lipinski definition) is 1. The average Bonchev–Trinajstić information content (AvgIpc) is 2.91. The molecule has 0 saturated heterocycles. The van der Waals surface area contributed by atoms with Crippen molar-refractivity contribution in [1.29, 1.82) is 0 Å². The fraction of sp³-hybridized carbons (Fsp3) is 0.0833. The fourth-order valence-corrected chi connectivity index (χ4v) is 1.84. The Hall–Kier alpha value is -2.21. The van der Waals surface area contributed by atoms with Crippen LogP contribution in [0.2, 0.25) is 0 Å². The second kappa shape index (κ2) is 5.92. The Labute approximate surface area is 107 Å². The maximum atomic E-state index is 11.4. The Morgan fingerprint density at radius 1 is 1.33 bits per heavy atom. The molecule has 2 rings (SSSR count). The van der Waals surface area contributed by atoms with Gasteiger partial charge in [-0.1, -0.05) is 12.1 Å². The van der Waals surface area contributed by atoms with Gasteiger partial charge in [-0.25, -0.2) is 9.59 Å². The summed E-state index contributed by atoms with van der Waals surface area (Å²) >= 11 is 1.22. The molecule has 0 spiro atoms. The summed E-state index contributed by atoms with van der Waals surface area (Å²) in [5.41, 5.74) is 0.832. The van der Waals surface area contributed by atoms with Crippen LogP contribution in [0.25, 0.3) is 0 Å². The molecule has 92 valence electrons. The van der Waals surface area contributed by atoms with Gasteiger partial charge in [-0.2, -0.15) is 0 Å². The molecule has 5 nitrogen and oxygen atoms in total. The number of hydrogen-bond acceptors (Lipinski definition) is 5. The van der Waals surface area contributed by atoms with Crippen molar-refractivity contribution in [3.8, 4) is 0 Å². The Balaban J connectivity index is 1.81. The van der Waals surface area contributed by atoms with Gasteiger partial charge in [-0.05, 0) is 23.1 Å². The monoisotopic (exact) mass is 262 g/mol. The standard InChI is InChI=1S/C12H10N2O3S/c15-11(10-4-2-6-18-10)17-12(16)14-8-9-3-1-5-13-7-9/h1-7H,8H2,(H,14,16). The molecule has 0 radical (unpaired) electrons. The molecule has 0 aromatic carbocycles. The zero-order valence-electron chi connectivity index (χ0n) is 9.33. The summed E-state index contributed by atoms with van der Waals surface area (Å²) in [7, 11) is 0. The van der Waals surface area contributed by atoms with Crippen LogP contribution < -0.4 is 5.32 Å². The van der Waals surface area contributed by atoms with Gasteiger partial charge >= 0.3 is 12.1 Å². The molecule has 0 bridgehead atoms. The van der Waals surface area contributed by atoms with Crippen molar-refractivity contribution >= 4 is 23.4 Å². The molecule has 2 heterocycles. The summed E-state index contributed by atoms with van der Waals surface area (Å²) < 4.78 is 4.62. The zero-order valence-corrected chi connectivity index (χ0v) is 10.1.